The highest BCUT2D eigenvalue weighted by atomic mass is 32.1. The van der Waals surface area contributed by atoms with Crippen molar-refractivity contribution in [1.29, 1.82) is 0 Å². The fourth-order valence-corrected chi connectivity index (χ4v) is 4.50. The quantitative estimate of drug-likeness (QED) is 0.406. The molecule has 7 heteroatoms. The molecule has 0 saturated heterocycles. The Morgan fingerprint density at radius 2 is 1.63 bits per heavy atom. The van der Waals surface area contributed by atoms with E-state index in [0.717, 1.165) is 37.9 Å². The molecule has 6 nitrogen and oxygen atoms in total. The van der Waals surface area contributed by atoms with E-state index in [0.29, 0.717) is 11.6 Å². The number of hydrogen-bond donors (Lipinski definition) is 0. The first-order chi connectivity index (χ1) is 14.9. The molecular formula is C23H14N6S. The standard InChI is InChI=1S/C23H14N6S/c1-2-7-15(8-3-1)17-14-30-23-20(17)22(25-21(26-23)16-9-6-12-24-13-16)29-19-11-5-4-10-18(19)27-28-29/h1-14H. The summed E-state index contributed by atoms with van der Waals surface area (Å²) in [5.41, 5.74) is 4.79. The summed E-state index contributed by atoms with van der Waals surface area (Å²) >= 11 is 1.60. The average Bonchev–Trinajstić information content (AvgIpc) is 3.44. The van der Waals surface area contributed by atoms with Crippen LogP contribution in [0.3, 0.4) is 0 Å². The van der Waals surface area contributed by atoms with Crippen LogP contribution < -0.4 is 0 Å². The van der Waals surface area contributed by atoms with Crippen LogP contribution in [0.15, 0.2) is 84.5 Å². The van der Waals surface area contributed by atoms with E-state index in [2.05, 4.69) is 32.8 Å². The van der Waals surface area contributed by atoms with Crippen molar-refractivity contribution in [1.82, 2.24) is 29.9 Å². The normalized spacial score (nSPS) is 11.3. The van der Waals surface area contributed by atoms with Crippen molar-refractivity contribution in [2.24, 2.45) is 0 Å². The Kier molecular flexibility index (Phi) is 3.85. The minimum Gasteiger partial charge on any atom is -0.264 e. The van der Waals surface area contributed by atoms with Crippen LogP contribution in [0.25, 0.3) is 49.6 Å². The molecule has 4 aromatic heterocycles. The van der Waals surface area contributed by atoms with E-state index in [9.17, 15) is 0 Å². The number of thiophene rings is 1. The molecule has 0 N–H and O–H groups in total. The number of pyridine rings is 1. The Balaban J connectivity index is 1.70. The largest absolute Gasteiger partial charge is 0.264 e. The van der Waals surface area contributed by atoms with Crippen LogP contribution in [-0.2, 0) is 0 Å². The highest BCUT2D eigenvalue weighted by Gasteiger charge is 2.19. The van der Waals surface area contributed by atoms with Crippen molar-refractivity contribution < 1.29 is 0 Å². The molecule has 0 aliphatic heterocycles. The number of benzene rings is 2. The second-order valence-corrected chi connectivity index (χ2v) is 7.66. The number of fused-ring (bicyclic) bond motifs is 2. The molecule has 0 spiro atoms. The van der Waals surface area contributed by atoms with Crippen LogP contribution in [0.5, 0.6) is 0 Å². The van der Waals surface area contributed by atoms with Gasteiger partial charge in [0.15, 0.2) is 11.6 Å². The molecule has 142 valence electrons. The molecule has 0 aliphatic carbocycles. The summed E-state index contributed by atoms with van der Waals surface area (Å²) in [6.45, 7) is 0. The first kappa shape index (κ1) is 16.9. The summed E-state index contributed by atoms with van der Waals surface area (Å²) in [7, 11) is 0. The Hall–Kier alpha value is -3.97. The molecule has 6 rings (SSSR count). The summed E-state index contributed by atoms with van der Waals surface area (Å²) in [4.78, 5) is 14.9. The second-order valence-electron chi connectivity index (χ2n) is 6.80. The molecular weight excluding hydrogens is 392 g/mol. The Morgan fingerprint density at radius 1 is 0.800 bits per heavy atom. The van der Waals surface area contributed by atoms with Crippen molar-refractivity contribution in [3.63, 3.8) is 0 Å². The molecule has 6 aromatic rings. The van der Waals surface area contributed by atoms with E-state index in [1.165, 1.54) is 0 Å². The maximum Gasteiger partial charge on any atom is 0.169 e. The smallest absolute Gasteiger partial charge is 0.169 e. The summed E-state index contributed by atoms with van der Waals surface area (Å²) in [5.74, 6) is 1.33. The van der Waals surface area contributed by atoms with Crippen LogP contribution in [-0.4, -0.2) is 29.9 Å². The lowest BCUT2D eigenvalue weighted by Gasteiger charge is -2.09. The van der Waals surface area contributed by atoms with Gasteiger partial charge in [-0.1, -0.05) is 47.7 Å². The van der Waals surface area contributed by atoms with Gasteiger partial charge in [-0.05, 0) is 29.8 Å². The SMILES string of the molecule is c1ccc(-c2csc3nc(-c4cccnc4)nc(-n4nnc5ccccc54)c23)cc1. The van der Waals surface area contributed by atoms with Gasteiger partial charge in [0.05, 0.1) is 10.9 Å². The Bertz CT molecular complexity index is 1490. The minimum absolute atomic E-state index is 0.617. The van der Waals surface area contributed by atoms with Gasteiger partial charge in [-0.2, -0.15) is 4.68 Å². The Morgan fingerprint density at radius 3 is 2.50 bits per heavy atom. The molecule has 0 bridgehead atoms. The molecule has 0 radical (unpaired) electrons. The molecule has 0 aliphatic rings. The molecule has 2 aromatic carbocycles. The molecule has 0 saturated carbocycles. The van der Waals surface area contributed by atoms with Crippen molar-refractivity contribution in [3.8, 4) is 28.3 Å². The van der Waals surface area contributed by atoms with E-state index < -0.39 is 0 Å². The summed E-state index contributed by atoms with van der Waals surface area (Å²) in [5, 5.41) is 11.9. The van der Waals surface area contributed by atoms with Crippen LogP contribution in [0.4, 0.5) is 0 Å². The maximum absolute atomic E-state index is 4.94. The van der Waals surface area contributed by atoms with Crippen LogP contribution in [0, 0.1) is 0 Å². The van der Waals surface area contributed by atoms with E-state index in [4.69, 9.17) is 9.97 Å². The zero-order chi connectivity index (χ0) is 19.9. The average molecular weight is 406 g/mol. The van der Waals surface area contributed by atoms with Gasteiger partial charge in [-0.25, -0.2) is 9.97 Å². The van der Waals surface area contributed by atoms with Crippen molar-refractivity contribution in [2.75, 3.05) is 0 Å². The number of nitrogens with zero attached hydrogens (tertiary/aromatic N) is 6. The zero-order valence-electron chi connectivity index (χ0n) is 15.7. The van der Waals surface area contributed by atoms with Crippen LogP contribution >= 0.6 is 11.3 Å². The third kappa shape index (κ3) is 2.67. The number of aromatic nitrogens is 6. The van der Waals surface area contributed by atoms with E-state index in [1.807, 2.05) is 54.6 Å². The van der Waals surface area contributed by atoms with Gasteiger partial charge in [0.1, 0.15) is 10.3 Å². The van der Waals surface area contributed by atoms with Crippen LogP contribution in [0.2, 0.25) is 0 Å². The molecule has 4 heterocycles. The molecule has 0 unspecified atom stereocenters. The molecule has 30 heavy (non-hydrogen) atoms. The van der Waals surface area contributed by atoms with Crippen molar-refractivity contribution in [3.05, 3.63) is 84.5 Å². The summed E-state index contributed by atoms with van der Waals surface area (Å²) in [6.07, 6.45) is 3.52. The lowest BCUT2D eigenvalue weighted by atomic mass is 10.1. The molecule has 0 atom stereocenters. The van der Waals surface area contributed by atoms with Crippen LogP contribution in [0.1, 0.15) is 0 Å². The predicted octanol–water partition coefficient (Wildman–Crippen LogP) is 5.15. The summed E-state index contributed by atoms with van der Waals surface area (Å²) < 4.78 is 1.80. The number of rotatable bonds is 3. The lowest BCUT2D eigenvalue weighted by molar-refractivity contribution is 0.806. The predicted molar refractivity (Wildman–Crippen MR) is 119 cm³/mol. The Labute approximate surface area is 175 Å². The van der Waals surface area contributed by atoms with Gasteiger partial charge in [-0.3, -0.25) is 4.98 Å². The fraction of sp³-hybridized carbons (Fsp3) is 0. The highest BCUT2D eigenvalue weighted by molar-refractivity contribution is 7.17. The van der Waals surface area contributed by atoms with Gasteiger partial charge in [0.2, 0.25) is 0 Å². The third-order valence-corrected chi connectivity index (χ3v) is 5.84. The van der Waals surface area contributed by atoms with Gasteiger partial charge in [-0.15, -0.1) is 16.4 Å². The topological polar surface area (TPSA) is 69.4 Å². The number of hydrogen-bond acceptors (Lipinski definition) is 6. The van der Waals surface area contributed by atoms with Gasteiger partial charge < -0.3 is 0 Å². The molecule has 0 fully saturated rings. The minimum atomic E-state index is 0.617. The van der Waals surface area contributed by atoms with Gasteiger partial charge in [0.25, 0.3) is 0 Å². The zero-order valence-corrected chi connectivity index (χ0v) is 16.5. The lowest BCUT2D eigenvalue weighted by Crippen LogP contribution is -2.04. The van der Waals surface area contributed by atoms with E-state index in [1.54, 1.807) is 28.4 Å². The number of para-hydroxylation sites is 1. The first-order valence-corrected chi connectivity index (χ1v) is 10.3. The maximum atomic E-state index is 4.94. The monoisotopic (exact) mass is 406 g/mol. The van der Waals surface area contributed by atoms with Crippen molar-refractivity contribution >= 4 is 32.6 Å². The van der Waals surface area contributed by atoms with E-state index in [-0.39, 0.29) is 0 Å². The molecule has 0 amide bonds. The van der Waals surface area contributed by atoms with Crippen molar-refractivity contribution in [2.45, 2.75) is 0 Å². The highest BCUT2D eigenvalue weighted by Crippen LogP contribution is 2.37. The summed E-state index contributed by atoms with van der Waals surface area (Å²) in [6, 6.07) is 22.0. The van der Waals surface area contributed by atoms with Gasteiger partial charge in [0, 0.05) is 28.9 Å². The fourth-order valence-electron chi connectivity index (χ4n) is 3.56. The second kappa shape index (κ2) is 6.82. The van der Waals surface area contributed by atoms with E-state index >= 15 is 0 Å². The first-order valence-electron chi connectivity index (χ1n) is 9.44. The van der Waals surface area contributed by atoms with Gasteiger partial charge >= 0.3 is 0 Å². The third-order valence-electron chi connectivity index (χ3n) is 4.97.